The molecule has 5 nitrogen and oxygen atoms in total. The van der Waals surface area contributed by atoms with Crippen LogP contribution < -0.4 is 4.74 Å². The van der Waals surface area contributed by atoms with Crippen LogP contribution in [0.3, 0.4) is 0 Å². The van der Waals surface area contributed by atoms with E-state index in [1.54, 1.807) is 36.4 Å². The number of Topliss-reactive ketones (excluding diaryl/α,β-unsaturated/α-hetero) is 1. The predicted molar refractivity (Wildman–Crippen MR) is 72.5 cm³/mol. The summed E-state index contributed by atoms with van der Waals surface area (Å²) in [4.78, 5) is 22.3. The Morgan fingerprint density at radius 2 is 1.90 bits per heavy atom. The van der Waals surface area contributed by atoms with Gasteiger partial charge in [-0.3, -0.25) is 14.9 Å². The lowest BCUT2D eigenvalue weighted by Gasteiger charge is -1.98. The molecule has 20 heavy (non-hydrogen) atoms. The molecule has 0 bridgehead atoms. The van der Waals surface area contributed by atoms with Gasteiger partial charge in [-0.1, -0.05) is 24.3 Å². The SMILES string of the molecule is O=C1/C(=C/c2cccc([N+](=O)[O-])c2)Oc2ccccc21. The first-order valence-electron chi connectivity index (χ1n) is 5.93. The summed E-state index contributed by atoms with van der Waals surface area (Å²) in [6.07, 6.45) is 1.51. The maximum Gasteiger partial charge on any atom is 0.270 e. The molecule has 0 fully saturated rings. The Labute approximate surface area is 114 Å². The molecule has 0 saturated heterocycles. The normalized spacial score (nSPS) is 15.0. The highest BCUT2D eigenvalue weighted by Gasteiger charge is 2.26. The van der Waals surface area contributed by atoms with Gasteiger partial charge >= 0.3 is 0 Å². The van der Waals surface area contributed by atoms with Crippen molar-refractivity contribution in [3.8, 4) is 5.75 Å². The molecule has 0 atom stereocenters. The average Bonchev–Trinajstić information content (AvgIpc) is 2.76. The van der Waals surface area contributed by atoms with E-state index in [1.165, 1.54) is 18.2 Å². The second kappa shape index (κ2) is 4.62. The van der Waals surface area contributed by atoms with Gasteiger partial charge in [0.05, 0.1) is 10.5 Å². The molecule has 0 N–H and O–H groups in total. The van der Waals surface area contributed by atoms with Crippen LogP contribution in [0.5, 0.6) is 5.75 Å². The van der Waals surface area contributed by atoms with Crippen LogP contribution in [0.25, 0.3) is 6.08 Å². The monoisotopic (exact) mass is 267 g/mol. The van der Waals surface area contributed by atoms with E-state index in [0.29, 0.717) is 16.9 Å². The highest BCUT2D eigenvalue weighted by molar-refractivity contribution is 6.14. The van der Waals surface area contributed by atoms with Gasteiger partial charge in [-0.25, -0.2) is 0 Å². The molecule has 1 aliphatic heterocycles. The van der Waals surface area contributed by atoms with Gasteiger partial charge in [0, 0.05) is 12.1 Å². The zero-order valence-corrected chi connectivity index (χ0v) is 10.3. The van der Waals surface area contributed by atoms with Gasteiger partial charge in [-0.15, -0.1) is 0 Å². The van der Waals surface area contributed by atoms with E-state index in [1.807, 2.05) is 0 Å². The minimum Gasteiger partial charge on any atom is -0.452 e. The number of rotatable bonds is 2. The van der Waals surface area contributed by atoms with Crippen LogP contribution in [0.1, 0.15) is 15.9 Å². The van der Waals surface area contributed by atoms with Crippen LogP contribution in [0, 0.1) is 10.1 Å². The first-order chi connectivity index (χ1) is 9.65. The summed E-state index contributed by atoms with van der Waals surface area (Å²) in [7, 11) is 0. The Morgan fingerprint density at radius 3 is 2.65 bits per heavy atom. The first-order valence-corrected chi connectivity index (χ1v) is 5.93. The number of non-ortho nitro benzene ring substituents is 1. The molecule has 98 valence electrons. The van der Waals surface area contributed by atoms with Crippen molar-refractivity contribution in [1.29, 1.82) is 0 Å². The fraction of sp³-hybridized carbons (Fsp3) is 0. The van der Waals surface area contributed by atoms with Gasteiger partial charge in [0.15, 0.2) is 5.76 Å². The molecule has 1 aliphatic rings. The molecule has 0 amide bonds. The summed E-state index contributed by atoms with van der Waals surface area (Å²) in [6.45, 7) is 0. The smallest absolute Gasteiger partial charge is 0.270 e. The number of nitrogens with zero attached hydrogens (tertiary/aromatic N) is 1. The maximum atomic E-state index is 12.1. The fourth-order valence-corrected chi connectivity index (χ4v) is 2.02. The Kier molecular flexibility index (Phi) is 2.80. The lowest BCUT2D eigenvalue weighted by atomic mass is 10.1. The number of ether oxygens (including phenoxy) is 1. The molecule has 0 unspecified atom stereocenters. The van der Waals surface area contributed by atoms with E-state index in [-0.39, 0.29) is 17.2 Å². The standard InChI is InChI=1S/C15H9NO4/c17-15-12-6-1-2-7-13(12)20-14(15)9-10-4-3-5-11(8-10)16(18)19/h1-9H/b14-9-. The zero-order chi connectivity index (χ0) is 14.1. The molecule has 0 aromatic heterocycles. The summed E-state index contributed by atoms with van der Waals surface area (Å²) in [5, 5.41) is 10.7. The van der Waals surface area contributed by atoms with Crippen molar-refractivity contribution in [1.82, 2.24) is 0 Å². The summed E-state index contributed by atoms with van der Waals surface area (Å²) in [6, 6.07) is 13.0. The Morgan fingerprint density at radius 1 is 1.10 bits per heavy atom. The van der Waals surface area contributed by atoms with Gasteiger partial charge in [-0.05, 0) is 23.8 Å². The number of hydrogen-bond acceptors (Lipinski definition) is 4. The van der Waals surface area contributed by atoms with Crippen molar-refractivity contribution in [2.75, 3.05) is 0 Å². The molecular formula is C15H9NO4. The van der Waals surface area contributed by atoms with E-state index in [4.69, 9.17) is 4.74 Å². The first kappa shape index (κ1) is 12.1. The predicted octanol–water partition coefficient (Wildman–Crippen LogP) is 3.21. The number of nitro groups is 1. The minimum absolute atomic E-state index is 0.0256. The van der Waals surface area contributed by atoms with Crippen molar-refractivity contribution in [2.24, 2.45) is 0 Å². The lowest BCUT2D eigenvalue weighted by Crippen LogP contribution is -1.98. The van der Waals surface area contributed by atoms with Gasteiger partial charge < -0.3 is 4.74 Å². The van der Waals surface area contributed by atoms with E-state index >= 15 is 0 Å². The molecular weight excluding hydrogens is 258 g/mol. The molecule has 0 radical (unpaired) electrons. The minimum atomic E-state index is -0.478. The van der Waals surface area contributed by atoms with E-state index in [0.717, 1.165) is 0 Å². The fourth-order valence-electron chi connectivity index (χ4n) is 2.02. The molecule has 0 aliphatic carbocycles. The molecule has 2 aromatic rings. The Balaban J connectivity index is 1.97. The van der Waals surface area contributed by atoms with Crippen LogP contribution in [-0.2, 0) is 0 Å². The third-order valence-electron chi connectivity index (χ3n) is 2.95. The van der Waals surface area contributed by atoms with Crippen LogP contribution in [0.2, 0.25) is 0 Å². The number of hydrogen-bond donors (Lipinski definition) is 0. The zero-order valence-electron chi connectivity index (χ0n) is 10.3. The summed E-state index contributed by atoms with van der Waals surface area (Å²) in [5.74, 6) is 0.466. The van der Waals surface area contributed by atoms with Crippen molar-refractivity contribution in [2.45, 2.75) is 0 Å². The van der Waals surface area contributed by atoms with Crippen LogP contribution in [0.15, 0.2) is 54.3 Å². The molecule has 2 aromatic carbocycles. The topological polar surface area (TPSA) is 69.4 Å². The number of fused-ring (bicyclic) bond motifs is 1. The highest BCUT2D eigenvalue weighted by Crippen LogP contribution is 2.31. The average molecular weight is 267 g/mol. The van der Waals surface area contributed by atoms with Crippen molar-refractivity contribution in [3.63, 3.8) is 0 Å². The summed E-state index contributed by atoms with van der Waals surface area (Å²) < 4.78 is 5.47. The van der Waals surface area contributed by atoms with Crippen LogP contribution >= 0.6 is 0 Å². The van der Waals surface area contributed by atoms with E-state index < -0.39 is 4.92 Å². The van der Waals surface area contributed by atoms with E-state index in [9.17, 15) is 14.9 Å². The van der Waals surface area contributed by atoms with Crippen LogP contribution in [-0.4, -0.2) is 10.7 Å². The van der Waals surface area contributed by atoms with Crippen molar-refractivity contribution in [3.05, 3.63) is 75.5 Å². The summed E-state index contributed by atoms with van der Waals surface area (Å²) in [5.41, 5.74) is 1.03. The molecule has 1 heterocycles. The maximum absolute atomic E-state index is 12.1. The van der Waals surface area contributed by atoms with Gasteiger partial charge in [0.25, 0.3) is 5.69 Å². The second-order valence-corrected chi connectivity index (χ2v) is 4.29. The number of carbonyl (C=O) groups is 1. The molecule has 5 heteroatoms. The summed E-state index contributed by atoms with van der Waals surface area (Å²) >= 11 is 0. The lowest BCUT2D eigenvalue weighted by molar-refractivity contribution is -0.384. The third kappa shape index (κ3) is 2.05. The van der Waals surface area contributed by atoms with Crippen LogP contribution in [0.4, 0.5) is 5.69 Å². The number of allylic oxidation sites excluding steroid dienone is 1. The van der Waals surface area contributed by atoms with Gasteiger partial charge in [0.2, 0.25) is 5.78 Å². The third-order valence-corrected chi connectivity index (χ3v) is 2.95. The molecule has 3 rings (SSSR count). The number of carbonyl (C=O) groups excluding carboxylic acids is 1. The van der Waals surface area contributed by atoms with Gasteiger partial charge in [0.1, 0.15) is 5.75 Å². The quantitative estimate of drug-likeness (QED) is 0.476. The number of ketones is 1. The highest BCUT2D eigenvalue weighted by atomic mass is 16.6. The Hall–Kier alpha value is -2.95. The number of benzene rings is 2. The molecule has 0 spiro atoms. The number of nitro benzene ring substituents is 1. The Bertz CT molecular complexity index is 749. The largest absolute Gasteiger partial charge is 0.452 e. The van der Waals surface area contributed by atoms with Gasteiger partial charge in [-0.2, -0.15) is 0 Å². The number of para-hydroxylation sites is 1. The van der Waals surface area contributed by atoms with Crippen molar-refractivity contribution >= 4 is 17.5 Å². The van der Waals surface area contributed by atoms with Crippen molar-refractivity contribution < 1.29 is 14.5 Å². The molecule has 0 saturated carbocycles. The van der Waals surface area contributed by atoms with E-state index in [2.05, 4.69) is 0 Å². The second-order valence-electron chi connectivity index (χ2n) is 4.29.